The van der Waals surface area contributed by atoms with Gasteiger partial charge < -0.3 is 14.2 Å². The number of hydrogen-bond acceptors (Lipinski definition) is 6. The van der Waals surface area contributed by atoms with Crippen LogP contribution < -0.4 is 0 Å². The topological polar surface area (TPSA) is 78.9 Å². The Kier molecular flexibility index (Phi) is 54.0. The number of ether oxygens (including phenoxy) is 3. The van der Waals surface area contributed by atoms with Crippen molar-refractivity contribution in [3.8, 4) is 0 Å². The Balaban J connectivity index is 4.29. The van der Waals surface area contributed by atoms with E-state index in [4.69, 9.17) is 14.2 Å². The van der Waals surface area contributed by atoms with E-state index >= 15 is 0 Å². The molecule has 67 heavy (non-hydrogen) atoms. The predicted octanol–water partition coefficient (Wildman–Crippen LogP) is 20.2. The molecule has 0 aromatic carbocycles. The molecule has 0 saturated carbocycles. The Morgan fingerprint density at radius 3 is 0.776 bits per heavy atom. The Labute approximate surface area is 418 Å². The molecule has 0 bridgehead atoms. The van der Waals surface area contributed by atoms with Gasteiger partial charge in [-0.15, -0.1) is 0 Å². The van der Waals surface area contributed by atoms with Gasteiger partial charge in [0.15, 0.2) is 6.10 Å². The monoisotopic (exact) mass is 947 g/mol. The second-order valence-electron chi connectivity index (χ2n) is 21.2. The standard InChI is InChI=1S/C61H118O6/c1-5-8-10-12-14-16-18-20-22-24-26-27-29-31-36-40-44-48-52-59(62)65-55-58(56-66-60(63)53-49-45-41-37-34-33-35-39-43-47-51-57(4)7-3)67-61(64)54-50-46-42-38-32-30-28-25-23-21-19-17-15-13-11-9-6-2/h57-58H,5-56H2,1-4H3/t57?,58-/m0/s1. The highest BCUT2D eigenvalue weighted by atomic mass is 16.6. The van der Waals surface area contributed by atoms with Crippen molar-refractivity contribution in [2.75, 3.05) is 13.2 Å². The molecular weight excluding hydrogens is 829 g/mol. The maximum absolute atomic E-state index is 12.9. The molecule has 0 aliphatic heterocycles. The van der Waals surface area contributed by atoms with Gasteiger partial charge in [0, 0.05) is 19.3 Å². The molecule has 0 fully saturated rings. The van der Waals surface area contributed by atoms with E-state index in [2.05, 4.69) is 27.7 Å². The van der Waals surface area contributed by atoms with Crippen molar-refractivity contribution in [1.82, 2.24) is 0 Å². The molecule has 0 saturated heterocycles. The maximum Gasteiger partial charge on any atom is 0.306 e. The fourth-order valence-electron chi connectivity index (χ4n) is 9.42. The minimum Gasteiger partial charge on any atom is -0.462 e. The first-order chi connectivity index (χ1) is 32.9. The smallest absolute Gasteiger partial charge is 0.306 e. The molecule has 0 N–H and O–H groups in total. The number of unbranched alkanes of at least 4 members (excludes halogenated alkanes) is 42. The van der Waals surface area contributed by atoms with Crippen LogP contribution >= 0.6 is 0 Å². The summed E-state index contributed by atoms with van der Waals surface area (Å²) in [4.78, 5) is 38.2. The molecule has 0 aliphatic carbocycles. The van der Waals surface area contributed by atoms with Gasteiger partial charge in [-0.2, -0.15) is 0 Å². The van der Waals surface area contributed by atoms with Crippen molar-refractivity contribution in [2.45, 2.75) is 355 Å². The third-order valence-corrected chi connectivity index (χ3v) is 14.4. The molecule has 0 aromatic heterocycles. The van der Waals surface area contributed by atoms with E-state index in [0.29, 0.717) is 19.3 Å². The molecule has 6 nitrogen and oxygen atoms in total. The highest BCUT2D eigenvalue weighted by Crippen LogP contribution is 2.19. The van der Waals surface area contributed by atoms with Crippen molar-refractivity contribution in [3.05, 3.63) is 0 Å². The van der Waals surface area contributed by atoms with Gasteiger partial charge in [0.25, 0.3) is 0 Å². The molecule has 0 heterocycles. The number of carbonyl (C=O) groups excluding carboxylic acids is 3. The number of hydrogen-bond donors (Lipinski definition) is 0. The van der Waals surface area contributed by atoms with E-state index in [1.165, 1.54) is 244 Å². The first-order valence-corrected chi connectivity index (χ1v) is 30.4. The number of carbonyl (C=O) groups is 3. The van der Waals surface area contributed by atoms with Gasteiger partial charge in [0.1, 0.15) is 13.2 Å². The van der Waals surface area contributed by atoms with E-state index in [0.717, 1.165) is 63.7 Å². The lowest BCUT2D eigenvalue weighted by molar-refractivity contribution is -0.167. The molecule has 6 heteroatoms. The summed E-state index contributed by atoms with van der Waals surface area (Å²) in [6.45, 7) is 9.09. The summed E-state index contributed by atoms with van der Waals surface area (Å²) in [7, 11) is 0. The molecule has 1 unspecified atom stereocenters. The van der Waals surface area contributed by atoms with Crippen LogP contribution in [-0.2, 0) is 28.6 Å². The van der Waals surface area contributed by atoms with Gasteiger partial charge in [-0.05, 0) is 25.2 Å². The lowest BCUT2D eigenvalue weighted by Crippen LogP contribution is -2.30. The summed E-state index contributed by atoms with van der Waals surface area (Å²) in [6.07, 6.45) is 60.9. The average molecular weight is 948 g/mol. The van der Waals surface area contributed by atoms with Crippen LogP contribution in [0.4, 0.5) is 0 Å². The second kappa shape index (κ2) is 55.3. The summed E-state index contributed by atoms with van der Waals surface area (Å²) >= 11 is 0. The Morgan fingerprint density at radius 1 is 0.299 bits per heavy atom. The predicted molar refractivity (Wildman–Crippen MR) is 289 cm³/mol. The minimum absolute atomic E-state index is 0.0617. The van der Waals surface area contributed by atoms with Crippen LogP contribution in [0.1, 0.15) is 349 Å². The average Bonchev–Trinajstić information content (AvgIpc) is 3.33. The molecule has 0 spiro atoms. The first-order valence-electron chi connectivity index (χ1n) is 30.4. The van der Waals surface area contributed by atoms with Gasteiger partial charge >= 0.3 is 17.9 Å². The van der Waals surface area contributed by atoms with Crippen molar-refractivity contribution in [3.63, 3.8) is 0 Å². The van der Waals surface area contributed by atoms with Crippen LogP contribution in [0.15, 0.2) is 0 Å². The van der Waals surface area contributed by atoms with Gasteiger partial charge in [0.2, 0.25) is 0 Å². The largest absolute Gasteiger partial charge is 0.462 e. The molecule has 0 aromatic rings. The SMILES string of the molecule is CCCCCCCCCCCCCCCCCCCCC(=O)OC[C@@H](COC(=O)CCCCCCCCCCCCC(C)CC)OC(=O)CCCCCCCCCCCCCCCCCCC. The van der Waals surface area contributed by atoms with Gasteiger partial charge in [-0.1, -0.05) is 310 Å². The van der Waals surface area contributed by atoms with E-state index in [1.807, 2.05) is 0 Å². The Bertz CT molecular complexity index is 1010. The fraction of sp³-hybridized carbons (Fsp3) is 0.951. The van der Waals surface area contributed by atoms with E-state index < -0.39 is 6.10 Å². The van der Waals surface area contributed by atoms with Gasteiger partial charge in [-0.3, -0.25) is 14.4 Å². The highest BCUT2D eigenvalue weighted by molar-refractivity contribution is 5.71. The second-order valence-corrected chi connectivity index (χ2v) is 21.2. The van der Waals surface area contributed by atoms with Crippen LogP contribution in [0.25, 0.3) is 0 Å². The maximum atomic E-state index is 12.9. The lowest BCUT2D eigenvalue weighted by atomic mass is 9.99. The van der Waals surface area contributed by atoms with Crippen molar-refractivity contribution < 1.29 is 28.6 Å². The van der Waals surface area contributed by atoms with Crippen LogP contribution in [0.5, 0.6) is 0 Å². The zero-order valence-corrected chi connectivity index (χ0v) is 45.9. The summed E-state index contributed by atoms with van der Waals surface area (Å²) in [6, 6.07) is 0. The summed E-state index contributed by atoms with van der Waals surface area (Å²) < 4.78 is 16.9. The third-order valence-electron chi connectivity index (χ3n) is 14.4. The van der Waals surface area contributed by atoms with E-state index in [-0.39, 0.29) is 31.1 Å². The highest BCUT2D eigenvalue weighted by Gasteiger charge is 2.19. The lowest BCUT2D eigenvalue weighted by Gasteiger charge is -2.18. The normalized spacial score (nSPS) is 12.4. The molecule has 0 rings (SSSR count). The zero-order chi connectivity index (χ0) is 48.8. The quantitative estimate of drug-likeness (QED) is 0.0343. The Hall–Kier alpha value is -1.59. The van der Waals surface area contributed by atoms with Crippen molar-refractivity contribution in [2.24, 2.45) is 5.92 Å². The molecule has 0 aliphatic rings. The number of esters is 3. The third kappa shape index (κ3) is 53.6. The molecule has 2 atom stereocenters. The zero-order valence-electron chi connectivity index (χ0n) is 45.9. The fourth-order valence-corrected chi connectivity index (χ4v) is 9.42. The van der Waals surface area contributed by atoms with Crippen molar-refractivity contribution >= 4 is 17.9 Å². The van der Waals surface area contributed by atoms with Gasteiger partial charge in [0.05, 0.1) is 0 Å². The van der Waals surface area contributed by atoms with E-state index in [9.17, 15) is 14.4 Å². The minimum atomic E-state index is -0.762. The van der Waals surface area contributed by atoms with Crippen molar-refractivity contribution in [1.29, 1.82) is 0 Å². The molecular formula is C61H118O6. The number of rotatable bonds is 56. The molecule has 0 amide bonds. The molecule has 398 valence electrons. The summed E-state index contributed by atoms with van der Waals surface area (Å²) in [5.41, 5.74) is 0. The Morgan fingerprint density at radius 2 is 0.522 bits per heavy atom. The molecule has 0 radical (unpaired) electrons. The van der Waals surface area contributed by atoms with E-state index in [1.54, 1.807) is 0 Å². The van der Waals surface area contributed by atoms with Crippen LogP contribution in [0, 0.1) is 5.92 Å². The van der Waals surface area contributed by atoms with Gasteiger partial charge in [-0.25, -0.2) is 0 Å². The van der Waals surface area contributed by atoms with Crippen LogP contribution in [-0.4, -0.2) is 37.2 Å². The summed E-state index contributed by atoms with van der Waals surface area (Å²) in [5.74, 6) is 0.0372. The summed E-state index contributed by atoms with van der Waals surface area (Å²) in [5, 5.41) is 0. The first kappa shape index (κ1) is 65.4. The van der Waals surface area contributed by atoms with Crippen LogP contribution in [0.3, 0.4) is 0 Å². The van der Waals surface area contributed by atoms with Crippen LogP contribution in [0.2, 0.25) is 0 Å².